The van der Waals surface area contributed by atoms with Gasteiger partial charge in [0.25, 0.3) is 0 Å². The SMILES string of the molecule is Cc1csc(C2CN(c3ccc(C#N)c(Cl)c3)CCO2)n1. The van der Waals surface area contributed by atoms with Crippen LogP contribution in [0.5, 0.6) is 0 Å². The molecule has 1 aliphatic rings. The van der Waals surface area contributed by atoms with Gasteiger partial charge >= 0.3 is 0 Å². The minimum Gasteiger partial charge on any atom is -0.367 e. The van der Waals surface area contributed by atoms with Crippen molar-refractivity contribution in [1.82, 2.24) is 4.98 Å². The number of rotatable bonds is 2. The van der Waals surface area contributed by atoms with Gasteiger partial charge < -0.3 is 9.64 Å². The molecule has 2 aromatic rings. The zero-order valence-electron chi connectivity index (χ0n) is 11.5. The third kappa shape index (κ3) is 3.03. The smallest absolute Gasteiger partial charge is 0.126 e. The second kappa shape index (κ2) is 6.02. The number of halogens is 1. The largest absolute Gasteiger partial charge is 0.367 e. The summed E-state index contributed by atoms with van der Waals surface area (Å²) in [7, 11) is 0. The number of aryl methyl sites for hydroxylation is 1. The van der Waals surface area contributed by atoms with Crippen LogP contribution < -0.4 is 4.90 Å². The van der Waals surface area contributed by atoms with Crippen LogP contribution in [0.3, 0.4) is 0 Å². The van der Waals surface area contributed by atoms with Gasteiger partial charge in [0, 0.05) is 23.3 Å². The summed E-state index contributed by atoms with van der Waals surface area (Å²) in [6.07, 6.45) is -0.00753. The third-order valence-corrected chi connectivity index (χ3v) is 4.78. The van der Waals surface area contributed by atoms with Crippen molar-refractivity contribution in [1.29, 1.82) is 5.26 Å². The molecule has 1 saturated heterocycles. The van der Waals surface area contributed by atoms with E-state index in [0.717, 1.165) is 29.5 Å². The summed E-state index contributed by atoms with van der Waals surface area (Å²) in [5.41, 5.74) is 2.54. The molecule has 1 aromatic carbocycles. The average molecular weight is 320 g/mol. The Balaban J connectivity index is 1.80. The predicted molar refractivity (Wildman–Crippen MR) is 83.9 cm³/mol. The van der Waals surface area contributed by atoms with Gasteiger partial charge in [0.1, 0.15) is 17.2 Å². The molecule has 0 aliphatic carbocycles. The van der Waals surface area contributed by atoms with Crippen molar-refractivity contribution in [2.45, 2.75) is 13.0 Å². The molecule has 4 nitrogen and oxygen atoms in total. The molecule has 3 rings (SSSR count). The number of hydrogen-bond acceptors (Lipinski definition) is 5. The lowest BCUT2D eigenvalue weighted by atomic mass is 10.2. The van der Waals surface area contributed by atoms with Gasteiger partial charge in [-0.1, -0.05) is 11.6 Å². The predicted octanol–water partition coefficient (Wildman–Crippen LogP) is 3.55. The quantitative estimate of drug-likeness (QED) is 0.849. The molecule has 1 unspecified atom stereocenters. The molecular weight excluding hydrogens is 306 g/mol. The molecule has 0 amide bonds. The molecule has 0 N–H and O–H groups in total. The zero-order valence-corrected chi connectivity index (χ0v) is 13.1. The van der Waals surface area contributed by atoms with Gasteiger partial charge in [-0.25, -0.2) is 4.98 Å². The summed E-state index contributed by atoms with van der Waals surface area (Å²) in [4.78, 5) is 6.73. The van der Waals surface area contributed by atoms with Crippen LogP contribution in [0.15, 0.2) is 23.6 Å². The first kappa shape index (κ1) is 14.3. The summed E-state index contributed by atoms with van der Waals surface area (Å²) in [5, 5.41) is 12.5. The Morgan fingerprint density at radius 3 is 3.05 bits per heavy atom. The van der Waals surface area contributed by atoms with E-state index in [4.69, 9.17) is 21.6 Å². The van der Waals surface area contributed by atoms with Gasteiger partial charge in [-0.3, -0.25) is 0 Å². The molecule has 6 heteroatoms. The molecule has 1 aliphatic heterocycles. The second-order valence-electron chi connectivity index (χ2n) is 4.91. The van der Waals surface area contributed by atoms with Crippen LogP contribution in [0.4, 0.5) is 5.69 Å². The van der Waals surface area contributed by atoms with E-state index in [1.165, 1.54) is 0 Å². The number of anilines is 1. The van der Waals surface area contributed by atoms with E-state index in [9.17, 15) is 0 Å². The van der Waals surface area contributed by atoms with Crippen LogP contribution in [-0.2, 0) is 4.74 Å². The fourth-order valence-corrected chi connectivity index (χ4v) is 3.40. The second-order valence-corrected chi connectivity index (χ2v) is 6.21. The van der Waals surface area contributed by atoms with Gasteiger partial charge in [0.2, 0.25) is 0 Å². The fourth-order valence-electron chi connectivity index (χ4n) is 2.34. The monoisotopic (exact) mass is 319 g/mol. The minimum absolute atomic E-state index is 0.00753. The van der Waals surface area contributed by atoms with Crippen molar-refractivity contribution in [2.75, 3.05) is 24.6 Å². The highest BCUT2D eigenvalue weighted by Crippen LogP contribution is 2.30. The van der Waals surface area contributed by atoms with Crippen molar-refractivity contribution in [3.63, 3.8) is 0 Å². The summed E-state index contributed by atoms with van der Waals surface area (Å²) in [6.45, 7) is 4.19. The highest BCUT2D eigenvalue weighted by atomic mass is 35.5. The average Bonchev–Trinajstić information content (AvgIpc) is 2.94. The topological polar surface area (TPSA) is 49.2 Å². The van der Waals surface area contributed by atoms with Crippen molar-refractivity contribution in [2.24, 2.45) is 0 Å². The van der Waals surface area contributed by atoms with Crippen LogP contribution in [0.1, 0.15) is 22.4 Å². The van der Waals surface area contributed by atoms with Crippen LogP contribution >= 0.6 is 22.9 Å². The van der Waals surface area contributed by atoms with Gasteiger partial charge in [0.15, 0.2) is 0 Å². The van der Waals surface area contributed by atoms with Gasteiger partial charge in [-0.05, 0) is 25.1 Å². The first-order chi connectivity index (χ1) is 10.2. The molecule has 0 radical (unpaired) electrons. The van der Waals surface area contributed by atoms with E-state index in [2.05, 4.69) is 16.0 Å². The number of morpholine rings is 1. The number of nitriles is 1. The van der Waals surface area contributed by atoms with Gasteiger partial charge in [0.05, 0.1) is 23.7 Å². The Hall–Kier alpha value is -1.61. The van der Waals surface area contributed by atoms with Crippen molar-refractivity contribution >= 4 is 28.6 Å². The van der Waals surface area contributed by atoms with E-state index in [-0.39, 0.29) is 6.10 Å². The Kier molecular flexibility index (Phi) is 4.11. The standard InChI is InChI=1S/C15H14ClN3OS/c1-10-9-21-15(18-10)14-8-19(4-5-20-14)12-3-2-11(7-17)13(16)6-12/h2-3,6,9,14H,4-5,8H2,1H3. The van der Waals surface area contributed by atoms with Crippen LogP contribution in [0.2, 0.25) is 5.02 Å². The van der Waals surface area contributed by atoms with Crippen molar-refractivity contribution in [3.8, 4) is 6.07 Å². The number of aromatic nitrogens is 1. The molecule has 2 heterocycles. The summed E-state index contributed by atoms with van der Waals surface area (Å²) in [6, 6.07) is 7.61. The van der Waals surface area contributed by atoms with E-state index in [1.807, 2.05) is 24.4 Å². The lowest BCUT2D eigenvalue weighted by Crippen LogP contribution is -2.38. The lowest BCUT2D eigenvalue weighted by molar-refractivity contribution is 0.0396. The van der Waals surface area contributed by atoms with Gasteiger partial charge in [-0.15, -0.1) is 11.3 Å². The lowest BCUT2D eigenvalue weighted by Gasteiger charge is -2.33. The third-order valence-electron chi connectivity index (χ3n) is 3.42. The first-order valence-electron chi connectivity index (χ1n) is 6.65. The summed E-state index contributed by atoms with van der Waals surface area (Å²) < 4.78 is 5.83. The number of benzene rings is 1. The van der Waals surface area contributed by atoms with Crippen molar-refractivity contribution < 1.29 is 4.74 Å². The molecule has 0 spiro atoms. The fraction of sp³-hybridized carbons (Fsp3) is 0.333. The molecule has 108 valence electrons. The highest BCUT2D eigenvalue weighted by Gasteiger charge is 2.24. The highest BCUT2D eigenvalue weighted by molar-refractivity contribution is 7.09. The maximum atomic E-state index is 8.94. The molecule has 0 bridgehead atoms. The Morgan fingerprint density at radius 1 is 1.52 bits per heavy atom. The zero-order chi connectivity index (χ0) is 14.8. The van der Waals surface area contributed by atoms with E-state index in [1.54, 1.807) is 17.4 Å². The Labute approximate surface area is 132 Å². The molecule has 21 heavy (non-hydrogen) atoms. The minimum atomic E-state index is -0.00753. The summed E-state index contributed by atoms with van der Waals surface area (Å²) in [5.74, 6) is 0. The maximum Gasteiger partial charge on any atom is 0.126 e. The number of ether oxygens (including phenoxy) is 1. The molecule has 1 fully saturated rings. The van der Waals surface area contributed by atoms with Gasteiger partial charge in [-0.2, -0.15) is 5.26 Å². The number of hydrogen-bond donors (Lipinski definition) is 0. The van der Waals surface area contributed by atoms with Crippen LogP contribution in [-0.4, -0.2) is 24.7 Å². The Bertz CT molecular complexity index is 694. The Morgan fingerprint density at radius 2 is 2.38 bits per heavy atom. The molecular formula is C15H14ClN3OS. The van der Waals surface area contributed by atoms with Crippen LogP contribution in [0.25, 0.3) is 0 Å². The summed E-state index contributed by atoms with van der Waals surface area (Å²) >= 11 is 7.75. The first-order valence-corrected chi connectivity index (χ1v) is 7.91. The van der Waals surface area contributed by atoms with E-state index >= 15 is 0 Å². The van der Waals surface area contributed by atoms with Crippen LogP contribution in [0, 0.1) is 18.3 Å². The maximum absolute atomic E-state index is 8.94. The van der Waals surface area contributed by atoms with E-state index in [0.29, 0.717) is 17.2 Å². The van der Waals surface area contributed by atoms with E-state index < -0.39 is 0 Å². The molecule has 1 aromatic heterocycles. The number of nitrogens with zero attached hydrogens (tertiary/aromatic N) is 3. The van der Waals surface area contributed by atoms with Crippen molar-refractivity contribution in [3.05, 3.63) is 44.9 Å². The number of thiazole rings is 1. The normalized spacial score (nSPS) is 18.5. The molecule has 0 saturated carbocycles. The molecule has 1 atom stereocenters.